The molecule has 1 aromatic carbocycles. The maximum absolute atomic E-state index is 12.4. The van der Waals surface area contributed by atoms with Gasteiger partial charge in [0.05, 0.1) is 18.4 Å². The lowest BCUT2D eigenvalue weighted by Crippen LogP contribution is -2.23. The number of benzene rings is 1. The Morgan fingerprint density at radius 3 is 2.80 bits per heavy atom. The van der Waals surface area contributed by atoms with Crippen molar-refractivity contribution in [2.24, 2.45) is 7.05 Å². The summed E-state index contributed by atoms with van der Waals surface area (Å²) in [6.07, 6.45) is 1.60. The molecule has 2 aromatic heterocycles. The monoisotopic (exact) mass is 268 g/mol. The van der Waals surface area contributed by atoms with Gasteiger partial charge in [-0.1, -0.05) is 18.2 Å². The van der Waals surface area contributed by atoms with Gasteiger partial charge in [0.15, 0.2) is 0 Å². The van der Waals surface area contributed by atoms with Crippen LogP contribution in [-0.2, 0) is 13.6 Å². The van der Waals surface area contributed by atoms with Crippen LogP contribution in [0.3, 0.4) is 0 Å². The smallest absolute Gasteiger partial charge is 0.254 e. The van der Waals surface area contributed by atoms with Crippen molar-refractivity contribution in [2.45, 2.75) is 13.5 Å². The molecule has 4 nitrogen and oxygen atoms in total. The van der Waals surface area contributed by atoms with E-state index in [1.165, 1.54) is 0 Å². The van der Waals surface area contributed by atoms with E-state index in [2.05, 4.69) is 5.32 Å². The third kappa shape index (κ3) is 1.99. The minimum Gasteiger partial charge on any atom is -0.467 e. The van der Waals surface area contributed by atoms with Crippen molar-refractivity contribution in [3.05, 3.63) is 59.7 Å². The van der Waals surface area contributed by atoms with Crippen LogP contribution in [0, 0.1) is 6.92 Å². The Morgan fingerprint density at radius 2 is 2.05 bits per heavy atom. The highest BCUT2D eigenvalue weighted by Crippen LogP contribution is 2.24. The van der Waals surface area contributed by atoms with Gasteiger partial charge in [-0.3, -0.25) is 4.79 Å². The molecule has 0 bridgehead atoms. The third-order valence-corrected chi connectivity index (χ3v) is 3.63. The quantitative estimate of drug-likeness (QED) is 0.793. The molecule has 0 saturated heterocycles. The van der Waals surface area contributed by atoms with E-state index in [9.17, 15) is 4.79 Å². The van der Waals surface area contributed by atoms with E-state index in [1.54, 1.807) is 6.26 Å². The van der Waals surface area contributed by atoms with Crippen LogP contribution < -0.4 is 5.32 Å². The van der Waals surface area contributed by atoms with Crippen molar-refractivity contribution in [1.29, 1.82) is 0 Å². The molecule has 1 N–H and O–H groups in total. The van der Waals surface area contributed by atoms with Gasteiger partial charge in [0, 0.05) is 23.6 Å². The average molecular weight is 268 g/mol. The molecule has 2 heterocycles. The number of aromatic nitrogens is 1. The largest absolute Gasteiger partial charge is 0.467 e. The minimum atomic E-state index is -0.0734. The fourth-order valence-corrected chi connectivity index (χ4v) is 2.48. The summed E-state index contributed by atoms with van der Waals surface area (Å²) in [7, 11) is 1.97. The number of nitrogens with zero attached hydrogens (tertiary/aromatic N) is 1. The Balaban J connectivity index is 1.93. The molecule has 3 rings (SSSR count). The lowest BCUT2D eigenvalue weighted by atomic mass is 10.1. The van der Waals surface area contributed by atoms with Gasteiger partial charge in [-0.2, -0.15) is 0 Å². The number of para-hydroxylation sites is 1. The Hall–Kier alpha value is -2.49. The van der Waals surface area contributed by atoms with Gasteiger partial charge in [0.2, 0.25) is 0 Å². The van der Waals surface area contributed by atoms with Crippen LogP contribution in [-0.4, -0.2) is 10.5 Å². The molecule has 20 heavy (non-hydrogen) atoms. The maximum Gasteiger partial charge on any atom is 0.254 e. The first-order valence-corrected chi connectivity index (χ1v) is 6.53. The number of hydrogen-bond donors (Lipinski definition) is 1. The highest BCUT2D eigenvalue weighted by Gasteiger charge is 2.17. The van der Waals surface area contributed by atoms with Gasteiger partial charge in [-0.15, -0.1) is 0 Å². The summed E-state index contributed by atoms with van der Waals surface area (Å²) in [5.74, 6) is 0.673. The molecule has 0 saturated carbocycles. The number of furan rings is 1. The van der Waals surface area contributed by atoms with Crippen LogP contribution in [0.4, 0.5) is 0 Å². The Labute approximate surface area is 117 Å². The first kappa shape index (κ1) is 12.5. The van der Waals surface area contributed by atoms with Crippen LogP contribution in [0.25, 0.3) is 10.9 Å². The number of carbonyl (C=O) groups is 1. The lowest BCUT2D eigenvalue weighted by molar-refractivity contribution is 0.0949. The number of aryl methyl sites for hydroxylation is 1. The summed E-state index contributed by atoms with van der Waals surface area (Å²) in [5.41, 5.74) is 2.76. The summed E-state index contributed by atoms with van der Waals surface area (Å²) >= 11 is 0. The molecule has 0 atom stereocenters. The second-order valence-electron chi connectivity index (χ2n) is 4.80. The van der Waals surface area contributed by atoms with Crippen LogP contribution in [0.5, 0.6) is 0 Å². The fourth-order valence-electron chi connectivity index (χ4n) is 2.48. The fraction of sp³-hybridized carbons (Fsp3) is 0.188. The predicted octanol–water partition coefficient (Wildman–Crippen LogP) is 3.01. The first-order valence-electron chi connectivity index (χ1n) is 6.53. The SMILES string of the molecule is Cc1c(C(=O)NCc2ccco2)c2ccccc2n1C. The van der Waals surface area contributed by atoms with Gasteiger partial charge < -0.3 is 14.3 Å². The van der Waals surface area contributed by atoms with Crippen molar-refractivity contribution in [3.8, 4) is 0 Å². The van der Waals surface area contributed by atoms with E-state index in [-0.39, 0.29) is 5.91 Å². The number of carbonyl (C=O) groups excluding carboxylic acids is 1. The van der Waals surface area contributed by atoms with Crippen LogP contribution in [0.1, 0.15) is 21.8 Å². The second kappa shape index (κ2) is 4.89. The van der Waals surface area contributed by atoms with E-state index >= 15 is 0 Å². The van der Waals surface area contributed by atoms with Gasteiger partial charge in [0.25, 0.3) is 5.91 Å². The van der Waals surface area contributed by atoms with Crippen LogP contribution in [0.15, 0.2) is 47.1 Å². The third-order valence-electron chi connectivity index (χ3n) is 3.63. The Kier molecular flexibility index (Phi) is 3.06. The molecular formula is C16H16N2O2. The molecule has 4 heteroatoms. The van der Waals surface area contributed by atoms with Gasteiger partial charge in [0.1, 0.15) is 5.76 Å². The molecule has 0 fully saturated rings. The summed E-state index contributed by atoms with van der Waals surface area (Å²) in [6.45, 7) is 2.36. The van der Waals surface area contributed by atoms with Crippen molar-refractivity contribution >= 4 is 16.8 Å². The van der Waals surface area contributed by atoms with E-state index in [1.807, 2.05) is 54.9 Å². The predicted molar refractivity (Wildman–Crippen MR) is 77.5 cm³/mol. The van der Waals surface area contributed by atoms with E-state index < -0.39 is 0 Å². The molecule has 102 valence electrons. The number of nitrogens with one attached hydrogen (secondary N) is 1. The molecule has 0 aliphatic heterocycles. The molecule has 0 spiro atoms. The Bertz CT molecular complexity index is 754. The van der Waals surface area contributed by atoms with Gasteiger partial charge in [-0.05, 0) is 25.1 Å². The zero-order valence-corrected chi connectivity index (χ0v) is 11.5. The van der Waals surface area contributed by atoms with E-state index in [4.69, 9.17) is 4.42 Å². The number of fused-ring (bicyclic) bond motifs is 1. The normalized spacial score (nSPS) is 10.9. The highest BCUT2D eigenvalue weighted by atomic mass is 16.3. The molecule has 0 aliphatic rings. The van der Waals surface area contributed by atoms with Gasteiger partial charge >= 0.3 is 0 Å². The summed E-state index contributed by atoms with van der Waals surface area (Å²) in [6, 6.07) is 11.6. The average Bonchev–Trinajstić information content (AvgIpc) is 3.05. The summed E-state index contributed by atoms with van der Waals surface area (Å²) < 4.78 is 7.26. The van der Waals surface area contributed by atoms with Crippen LogP contribution >= 0.6 is 0 Å². The summed E-state index contributed by atoms with van der Waals surface area (Å²) in [4.78, 5) is 12.4. The number of hydrogen-bond acceptors (Lipinski definition) is 2. The zero-order valence-electron chi connectivity index (χ0n) is 11.5. The Morgan fingerprint density at radius 1 is 1.25 bits per heavy atom. The van der Waals surface area contributed by atoms with Crippen LogP contribution in [0.2, 0.25) is 0 Å². The van der Waals surface area contributed by atoms with Crippen molar-refractivity contribution < 1.29 is 9.21 Å². The highest BCUT2D eigenvalue weighted by molar-refractivity contribution is 6.08. The van der Waals surface area contributed by atoms with E-state index in [0.717, 1.165) is 27.9 Å². The number of amides is 1. The molecule has 0 aliphatic carbocycles. The lowest BCUT2D eigenvalue weighted by Gasteiger charge is -2.04. The topological polar surface area (TPSA) is 47.2 Å². The number of rotatable bonds is 3. The first-order chi connectivity index (χ1) is 9.68. The van der Waals surface area contributed by atoms with Crippen molar-refractivity contribution in [2.75, 3.05) is 0 Å². The molecular weight excluding hydrogens is 252 g/mol. The molecule has 0 unspecified atom stereocenters. The molecule has 3 aromatic rings. The van der Waals surface area contributed by atoms with Crippen molar-refractivity contribution in [3.63, 3.8) is 0 Å². The molecule has 1 amide bonds. The second-order valence-corrected chi connectivity index (χ2v) is 4.80. The van der Waals surface area contributed by atoms with E-state index in [0.29, 0.717) is 6.54 Å². The van der Waals surface area contributed by atoms with Crippen molar-refractivity contribution in [1.82, 2.24) is 9.88 Å². The zero-order chi connectivity index (χ0) is 14.1. The molecule has 0 radical (unpaired) electrons. The summed E-state index contributed by atoms with van der Waals surface area (Å²) in [5, 5.41) is 3.88. The standard InChI is InChI=1S/C16H16N2O2/c1-11-15(13-7-3-4-8-14(13)18(11)2)16(19)17-10-12-6-5-9-20-12/h3-9H,10H2,1-2H3,(H,17,19). The minimum absolute atomic E-state index is 0.0734. The van der Waals surface area contributed by atoms with Gasteiger partial charge in [-0.25, -0.2) is 0 Å². The maximum atomic E-state index is 12.4.